The summed E-state index contributed by atoms with van der Waals surface area (Å²) in [5.41, 5.74) is 1.81. The molecule has 4 aromatic carbocycles. The lowest BCUT2D eigenvalue weighted by molar-refractivity contribution is -0.136. The van der Waals surface area contributed by atoms with Gasteiger partial charge in [-0.15, -0.1) is 0 Å². The van der Waals surface area contributed by atoms with Gasteiger partial charge in [0, 0.05) is 17.0 Å². The number of ether oxygens (including phenoxy) is 2. The third-order valence-corrected chi connectivity index (χ3v) is 6.54. The topological polar surface area (TPSA) is 76.0 Å². The first-order valence-electron chi connectivity index (χ1n) is 9.84. The highest BCUT2D eigenvalue weighted by molar-refractivity contribution is 6.15. The van der Waals surface area contributed by atoms with Crippen molar-refractivity contribution >= 4 is 27.5 Å². The number of phenolic OH excluding ortho intramolecular Hbond substituents is 2. The van der Waals surface area contributed by atoms with E-state index < -0.39 is 5.41 Å². The van der Waals surface area contributed by atoms with E-state index in [1.165, 1.54) is 0 Å². The first-order valence-corrected chi connectivity index (χ1v) is 9.84. The molecule has 1 atom stereocenters. The second-order valence-corrected chi connectivity index (χ2v) is 7.98. The van der Waals surface area contributed by atoms with Gasteiger partial charge in [0.15, 0.2) is 0 Å². The highest BCUT2D eigenvalue weighted by Gasteiger charge is 2.55. The van der Waals surface area contributed by atoms with Crippen LogP contribution in [-0.2, 0) is 16.6 Å². The molecule has 0 bridgehead atoms. The molecule has 1 aliphatic heterocycles. The second-order valence-electron chi connectivity index (χ2n) is 7.98. The molecule has 1 heterocycles. The first kappa shape index (κ1) is 17.2. The van der Waals surface area contributed by atoms with Crippen LogP contribution in [0.5, 0.6) is 23.0 Å². The molecule has 0 aromatic heterocycles. The lowest BCUT2D eigenvalue weighted by Crippen LogP contribution is -2.32. The van der Waals surface area contributed by atoms with Gasteiger partial charge in [0.1, 0.15) is 28.4 Å². The van der Waals surface area contributed by atoms with Crippen LogP contribution in [0.25, 0.3) is 21.5 Å². The average Bonchev–Trinajstić information content (AvgIpc) is 3.25. The number of fused-ring (bicyclic) bond motifs is 8. The molecule has 2 aliphatic rings. The van der Waals surface area contributed by atoms with E-state index in [4.69, 9.17) is 9.47 Å². The molecule has 1 unspecified atom stereocenters. The van der Waals surface area contributed by atoms with Crippen LogP contribution < -0.4 is 9.47 Å². The summed E-state index contributed by atoms with van der Waals surface area (Å²) in [6.45, 7) is 0. The van der Waals surface area contributed by atoms with E-state index in [9.17, 15) is 15.0 Å². The minimum atomic E-state index is -0.895. The van der Waals surface area contributed by atoms with E-state index in [1.54, 1.807) is 37.4 Å². The molecular weight excluding hydrogens is 380 g/mol. The van der Waals surface area contributed by atoms with Gasteiger partial charge in [-0.05, 0) is 70.5 Å². The van der Waals surface area contributed by atoms with Gasteiger partial charge in [-0.1, -0.05) is 18.2 Å². The standard InChI is InChI=1S/C25H18O5/c1-29-20-12-21-23(18-5-2-13-10-15(26)3-6-17(13)22(18)20)25(24(28)30-21)9-8-14-11-16(27)4-7-19(14)25/h2-7,10-12,26-27H,8-9H2,1H3. The van der Waals surface area contributed by atoms with E-state index in [0.29, 0.717) is 24.3 Å². The zero-order valence-corrected chi connectivity index (χ0v) is 16.2. The Kier molecular flexibility index (Phi) is 3.24. The van der Waals surface area contributed by atoms with Crippen molar-refractivity contribution in [3.63, 3.8) is 0 Å². The number of esters is 1. The number of aromatic hydroxyl groups is 2. The zero-order valence-electron chi connectivity index (χ0n) is 16.2. The van der Waals surface area contributed by atoms with Gasteiger partial charge < -0.3 is 19.7 Å². The minimum Gasteiger partial charge on any atom is -0.508 e. The Morgan fingerprint density at radius 2 is 1.73 bits per heavy atom. The number of methoxy groups -OCH3 is 1. The summed E-state index contributed by atoms with van der Waals surface area (Å²) >= 11 is 0. The Morgan fingerprint density at radius 3 is 2.57 bits per heavy atom. The normalized spacial score (nSPS) is 19.3. The maximum absolute atomic E-state index is 13.3. The summed E-state index contributed by atoms with van der Waals surface area (Å²) in [5, 5.41) is 23.4. The van der Waals surface area contributed by atoms with Crippen molar-refractivity contribution in [3.05, 3.63) is 71.3 Å². The number of hydrogen-bond acceptors (Lipinski definition) is 5. The number of carbonyl (C=O) groups is 1. The van der Waals surface area contributed by atoms with Gasteiger partial charge in [0.05, 0.1) is 7.11 Å². The highest BCUT2D eigenvalue weighted by atomic mass is 16.5. The van der Waals surface area contributed by atoms with Crippen molar-refractivity contribution in [2.45, 2.75) is 18.3 Å². The van der Waals surface area contributed by atoms with E-state index in [-0.39, 0.29) is 17.5 Å². The molecule has 1 aliphatic carbocycles. The maximum Gasteiger partial charge on any atom is 0.326 e. The van der Waals surface area contributed by atoms with E-state index >= 15 is 0 Å². The summed E-state index contributed by atoms with van der Waals surface area (Å²) in [4.78, 5) is 13.3. The van der Waals surface area contributed by atoms with Crippen LogP contribution >= 0.6 is 0 Å². The molecule has 0 amide bonds. The van der Waals surface area contributed by atoms with Gasteiger partial charge in [-0.2, -0.15) is 0 Å². The van der Waals surface area contributed by atoms with Crippen molar-refractivity contribution in [1.82, 2.24) is 0 Å². The minimum absolute atomic E-state index is 0.196. The number of aryl methyl sites for hydroxylation is 1. The maximum atomic E-state index is 13.3. The lowest BCUT2D eigenvalue weighted by atomic mass is 9.74. The first-order chi connectivity index (χ1) is 14.5. The smallest absolute Gasteiger partial charge is 0.326 e. The molecular formula is C25H18O5. The molecule has 5 nitrogen and oxygen atoms in total. The highest BCUT2D eigenvalue weighted by Crippen LogP contribution is 2.56. The largest absolute Gasteiger partial charge is 0.508 e. The van der Waals surface area contributed by atoms with Crippen molar-refractivity contribution in [3.8, 4) is 23.0 Å². The number of rotatable bonds is 1. The average molecular weight is 398 g/mol. The van der Waals surface area contributed by atoms with Gasteiger partial charge in [-0.3, -0.25) is 4.79 Å². The monoisotopic (exact) mass is 398 g/mol. The summed E-state index contributed by atoms with van der Waals surface area (Å²) in [6, 6.07) is 16.1. The molecule has 1 spiro atoms. The SMILES string of the molecule is COc1cc2c(c3ccc4cc(O)ccc4c13)C1(CCc3cc(O)ccc31)C(=O)O2. The fraction of sp³-hybridized carbons (Fsp3) is 0.160. The summed E-state index contributed by atoms with van der Waals surface area (Å²) in [6.07, 6.45) is 1.28. The quantitative estimate of drug-likeness (QED) is 0.279. The molecule has 148 valence electrons. The van der Waals surface area contributed by atoms with Crippen LogP contribution in [0.2, 0.25) is 0 Å². The van der Waals surface area contributed by atoms with Crippen LogP contribution in [0.4, 0.5) is 0 Å². The Hall–Kier alpha value is -3.73. The Balaban J connectivity index is 1.76. The van der Waals surface area contributed by atoms with Crippen LogP contribution in [0.1, 0.15) is 23.1 Å². The van der Waals surface area contributed by atoms with E-state index in [0.717, 1.165) is 38.2 Å². The van der Waals surface area contributed by atoms with Gasteiger partial charge >= 0.3 is 5.97 Å². The molecule has 0 saturated heterocycles. The van der Waals surface area contributed by atoms with Crippen LogP contribution in [-0.4, -0.2) is 23.3 Å². The lowest BCUT2D eigenvalue weighted by Gasteiger charge is -2.23. The second kappa shape index (κ2) is 5.66. The molecule has 0 saturated carbocycles. The number of benzene rings is 4. The predicted octanol–water partition coefficient (Wildman–Crippen LogP) is 4.56. The van der Waals surface area contributed by atoms with Crippen molar-refractivity contribution < 1.29 is 24.5 Å². The Labute approximate surface area is 172 Å². The van der Waals surface area contributed by atoms with Gasteiger partial charge in [-0.25, -0.2) is 0 Å². The third-order valence-electron chi connectivity index (χ3n) is 6.54. The van der Waals surface area contributed by atoms with E-state index in [1.807, 2.05) is 24.3 Å². The van der Waals surface area contributed by atoms with Crippen LogP contribution in [0.15, 0.2) is 54.6 Å². The number of phenols is 2. The Morgan fingerprint density at radius 1 is 0.967 bits per heavy atom. The zero-order chi connectivity index (χ0) is 20.6. The van der Waals surface area contributed by atoms with Crippen LogP contribution in [0, 0.1) is 0 Å². The fourth-order valence-corrected chi connectivity index (χ4v) is 5.29. The van der Waals surface area contributed by atoms with Gasteiger partial charge in [0.2, 0.25) is 0 Å². The molecule has 2 N–H and O–H groups in total. The van der Waals surface area contributed by atoms with Crippen molar-refractivity contribution in [2.75, 3.05) is 7.11 Å². The molecule has 5 heteroatoms. The molecule has 4 aromatic rings. The van der Waals surface area contributed by atoms with E-state index in [2.05, 4.69) is 0 Å². The summed E-state index contributed by atoms with van der Waals surface area (Å²) in [5.74, 6) is 1.24. The predicted molar refractivity (Wildman–Crippen MR) is 113 cm³/mol. The summed E-state index contributed by atoms with van der Waals surface area (Å²) < 4.78 is 11.5. The number of carbonyl (C=O) groups excluding carboxylic acids is 1. The summed E-state index contributed by atoms with van der Waals surface area (Å²) in [7, 11) is 1.60. The third kappa shape index (κ3) is 1.99. The van der Waals surface area contributed by atoms with Crippen LogP contribution in [0.3, 0.4) is 0 Å². The van der Waals surface area contributed by atoms with Gasteiger partial charge in [0.25, 0.3) is 0 Å². The molecule has 6 rings (SSSR count). The molecule has 0 radical (unpaired) electrons. The fourth-order valence-electron chi connectivity index (χ4n) is 5.29. The molecule has 30 heavy (non-hydrogen) atoms. The number of hydrogen-bond donors (Lipinski definition) is 2. The Bertz CT molecular complexity index is 1400. The van der Waals surface area contributed by atoms with Crippen molar-refractivity contribution in [1.29, 1.82) is 0 Å². The van der Waals surface area contributed by atoms with Crippen molar-refractivity contribution in [2.24, 2.45) is 0 Å². The molecule has 0 fully saturated rings.